The quantitative estimate of drug-likeness (QED) is 0.828. The molecular weight excluding hydrogens is 253 g/mol. The molecule has 0 aliphatic heterocycles. The molecule has 0 radical (unpaired) electrons. The molecule has 1 aromatic carbocycles. The SMILES string of the molecule is C#CCC(O)(CC(C)(C)c1ccccc1)C(F)(F)F. The fraction of sp³-hybridized carbons (Fsp3) is 0.467. The molecule has 0 saturated carbocycles. The third-order valence-electron chi connectivity index (χ3n) is 3.21. The second-order valence-corrected chi connectivity index (χ2v) is 5.34. The Balaban J connectivity index is 3.07. The van der Waals surface area contributed by atoms with Crippen LogP contribution in [0.3, 0.4) is 0 Å². The molecule has 1 rings (SSSR count). The molecule has 0 aliphatic carbocycles. The summed E-state index contributed by atoms with van der Waals surface area (Å²) in [6.45, 7) is 3.32. The van der Waals surface area contributed by atoms with E-state index in [2.05, 4.69) is 0 Å². The van der Waals surface area contributed by atoms with Gasteiger partial charge in [0.2, 0.25) is 0 Å². The summed E-state index contributed by atoms with van der Waals surface area (Å²) in [5, 5.41) is 9.88. The van der Waals surface area contributed by atoms with Crippen molar-refractivity contribution in [3.05, 3.63) is 35.9 Å². The van der Waals surface area contributed by atoms with Crippen LogP contribution in [-0.4, -0.2) is 16.9 Å². The molecule has 0 amide bonds. The highest BCUT2D eigenvalue weighted by Crippen LogP contribution is 2.42. The van der Waals surface area contributed by atoms with E-state index < -0.39 is 30.0 Å². The minimum absolute atomic E-state index is 0.474. The topological polar surface area (TPSA) is 20.2 Å². The van der Waals surface area contributed by atoms with Crippen molar-refractivity contribution >= 4 is 0 Å². The maximum Gasteiger partial charge on any atom is 0.418 e. The second kappa shape index (κ2) is 5.26. The molecule has 1 atom stereocenters. The molecule has 0 heterocycles. The minimum Gasteiger partial charge on any atom is -0.380 e. The maximum atomic E-state index is 13.0. The van der Waals surface area contributed by atoms with Gasteiger partial charge in [0.15, 0.2) is 5.60 Å². The molecule has 0 aliphatic rings. The van der Waals surface area contributed by atoms with Gasteiger partial charge in [-0.25, -0.2) is 0 Å². The summed E-state index contributed by atoms with van der Waals surface area (Å²) in [4.78, 5) is 0. The smallest absolute Gasteiger partial charge is 0.380 e. The van der Waals surface area contributed by atoms with Crippen molar-refractivity contribution in [3.63, 3.8) is 0 Å². The number of halogens is 3. The fourth-order valence-corrected chi connectivity index (χ4v) is 2.15. The minimum atomic E-state index is -4.74. The lowest BCUT2D eigenvalue weighted by atomic mass is 9.74. The van der Waals surface area contributed by atoms with Crippen LogP contribution in [0.25, 0.3) is 0 Å². The number of rotatable bonds is 4. The Bertz CT molecular complexity index is 457. The second-order valence-electron chi connectivity index (χ2n) is 5.34. The largest absolute Gasteiger partial charge is 0.418 e. The number of hydrogen-bond acceptors (Lipinski definition) is 1. The summed E-state index contributed by atoms with van der Waals surface area (Å²) in [7, 11) is 0. The van der Waals surface area contributed by atoms with E-state index in [4.69, 9.17) is 6.42 Å². The highest BCUT2D eigenvalue weighted by atomic mass is 19.4. The lowest BCUT2D eigenvalue weighted by molar-refractivity contribution is -0.264. The molecule has 0 spiro atoms. The van der Waals surface area contributed by atoms with Gasteiger partial charge in [-0.2, -0.15) is 13.2 Å². The first-order valence-corrected chi connectivity index (χ1v) is 5.90. The summed E-state index contributed by atoms with van der Waals surface area (Å²) >= 11 is 0. The maximum absolute atomic E-state index is 13.0. The van der Waals surface area contributed by atoms with E-state index in [1.165, 1.54) is 0 Å². The van der Waals surface area contributed by atoms with Crippen molar-refractivity contribution in [3.8, 4) is 12.3 Å². The normalized spacial score (nSPS) is 15.6. The standard InChI is InChI=1S/C15H17F3O/c1-4-10-14(19,15(16,17)18)11-13(2,3)12-8-6-5-7-9-12/h1,5-9,19H,10-11H2,2-3H3. The fourth-order valence-electron chi connectivity index (χ4n) is 2.15. The van der Waals surface area contributed by atoms with Crippen LogP contribution < -0.4 is 0 Å². The molecule has 0 saturated heterocycles. The van der Waals surface area contributed by atoms with Crippen molar-refractivity contribution in [2.24, 2.45) is 0 Å². The Hall–Kier alpha value is -1.47. The third kappa shape index (κ3) is 3.51. The van der Waals surface area contributed by atoms with Crippen molar-refractivity contribution in [1.82, 2.24) is 0 Å². The van der Waals surface area contributed by atoms with E-state index >= 15 is 0 Å². The zero-order chi connectivity index (χ0) is 14.7. The molecular formula is C15H17F3O. The number of alkyl halides is 3. The molecule has 1 N–H and O–H groups in total. The summed E-state index contributed by atoms with van der Waals surface area (Å²) in [6.07, 6.45) is -1.00. The van der Waals surface area contributed by atoms with Gasteiger partial charge >= 0.3 is 6.18 Å². The van der Waals surface area contributed by atoms with Gasteiger partial charge in [-0.15, -0.1) is 12.3 Å². The van der Waals surface area contributed by atoms with Crippen LogP contribution in [0.4, 0.5) is 13.2 Å². The first kappa shape index (κ1) is 15.6. The Morgan fingerprint density at radius 1 is 1.16 bits per heavy atom. The Morgan fingerprint density at radius 2 is 1.68 bits per heavy atom. The summed E-state index contributed by atoms with van der Waals surface area (Å²) in [5.41, 5.74) is -2.96. The molecule has 0 bridgehead atoms. The van der Waals surface area contributed by atoms with Gasteiger partial charge in [0, 0.05) is 6.42 Å². The van der Waals surface area contributed by atoms with Gasteiger partial charge in [-0.05, 0) is 17.4 Å². The highest BCUT2D eigenvalue weighted by Gasteiger charge is 2.55. The summed E-state index contributed by atoms with van der Waals surface area (Å²) in [5.74, 6) is 1.92. The molecule has 0 aromatic heterocycles. The van der Waals surface area contributed by atoms with Gasteiger partial charge < -0.3 is 5.11 Å². The molecule has 1 aromatic rings. The van der Waals surface area contributed by atoms with E-state index in [-0.39, 0.29) is 0 Å². The van der Waals surface area contributed by atoms with Crippen molar-refractivity contribution in [2.45, 2.75) is 43.9 Å². The van der Waals surface area contributed by atoms with Gasteiger partial charge in [-0.3, -0.25) is 0 Å². The third-order valence-corrected chi connectivity index (χ3v) is 3.21. The summed E-state index contributed by atoms with van der Waals surface area (Å²) < 4.78 is 39.0. The van der Waals surface area contributed by atoms with E-state index in [0.29, 0.717) is 0 Å². The number of terminal acetylenes is 1. The Kier molecular flexibility index (Phi) is 4.32. The predicted octanol–water partition coefficient (Wildman–Crippen LogP) is 3.67. The van der Waals surface area contributed by atoms with E-state index in [0.717, 1.165) is 5.56 Å². The molecule has 104 valence electrons. The van der Waals surface area contributed by atoms with Crippen molar-refractivity contribution in [1.29, 1.82) is 0 Å². The molecule has 1 unspecified atom stereocenters. The lowest BCUT2D eigenvalue weighted by Crippen LogP contribution is -2.48. The van der Waals surface area contributed by atoms with E-state index in [9.17, 15) is 18.3 Å². The van der Waals surface area contributed by atoms with Crippen LogP contribution in [-0.2, 0) is 5.41 Å². The summed E-state index contributed by atoms with van der Waals surface area (Å²) in [6, 6.07) is 8.78. The monoisotopic (exact) mass is 270 g/mol. The molecule has 0 fully saturated rings. The van der Waals surface area contributed by atoms with E-state index in [1.807, 2.05) is 5.92 Å². The van der Waals surface area contributed by atoms with Crippen molar-refractivity contribution < 1.29 is 18.3 Å². The molecule has 4 heteroatoms. The van der Waals surface area contributed by atoms with Gasteiger partial charge in [0.1, 0.15) is 0 Å². The molecule has 19 heavy (non-hydrogen) atoms. The van der Waals surface area contributed by atoms with Crippen LogP contribution in [0.5, 0.6) is 0 Å². The van der Waals surface area contributed by atoms with Crippen LogP contribution in [0.1, 0.15) is 32.3 Å². The number of aliphatic hydroxyl groups is 1. The zero-order valence-electron chi connectivity index (χ0n) is 11.0. The predicted molar refractivity (Wildman–Crippen MR) is 68.5 cm³/mol. The number of benzene rings is 1. The lowest BCUT2D eigenvalue weighted by Gasteiger charge is -2.37. The Morgan fingerprint density at radius 3 is 2.11 bits per heavy atom. The first-order valence-electron chi connectivity index (χ1n) is 5.90. The molecule has 1 nitrogen and oxygen atoms in total. The Labute approximate surface area is 111 Å². The van der Waals surface area contributed by atoms with Crippen LogP contribution in [0, 0.1) is 12.3 Å². The number of hydrogen-bond donors (Lipinski definition) is 1. The van der Waals surface area contributed by atoms with E-state index in [1.54, 1.807) is 44.2 Å². The average Bonchev–Trinajstić information content (AvgIpc) is 2.28. The van der Waals surface area contributed by atoms with Gasteiger partial charge in [-0.1, -0.05) is 44.2 Å². The van der Waals surface area contributed by atoms with Crippen molar-refractivity contribution in [2.75, 3.05) is 0 Å². The average molecular weight is 270 g/mol. The van der Waals surface area contributed by atoms with Crippen LogP contribution >= 0.6 is 0 Å². The zero-order valence-corrected chi connectivity index (χ0v) is 11.0. The highest BCUT2D eigenvalue weighted by molar-refractivity contribution is 5.24. The van der Waals surface area contributed by atoms with Gasteiger partial charge in [0.05, 0.1) is 0 Å². The first-order chi connectivity index (χ1) is 8.62. The van der Waals surface area contributed by atoms with Crippen LogP contribution in [0.2, 0.25) is 0 Å². The van der Waals surface area contributed by atoms with Crippen LogP contribution in [0.15, 0.2) is 30.3 Å². The van der Waals surface area contributed by atoms with Gasteiger partial charge in [0.25, 0.3) is 0 Å².